The van der Waals surface area contributed by atoms with E-state index in [0.717, 1.165) is 0 Å². The molecular formula is C12H9BrF4N2O2. The van der Waals surface area contributed by atoms with Gasteiger partial charge in [-0.25, -0.2) is 22.6 Å². The van der Waals surface area contributed by atoms with Crippen molar-refractivity contribution in [1.82, 2.24) is 10.4 Å². The minimum Gasteiger partial charge on any atom is -0.361 e. The molecule has 114 valence electrons. The number of hydrogen-bond acceptors (Lipinski definition) is 3. The molecule has 0 saturated carbocycles. The highest BCUT2D eigenvalue weighted by atomic mass is 79.9. The summed E-state index contributed by atoms with van der Waals surface area (Å²) in [5, 5.41) is 9.93. The van der Waals surface area contributed by atoms with Crippen molar-refractivity contribution in [1.29, 1.82) is 0 Å². The Bertz CT molecular complexity index is 596. The molecule has 0 aliphatic carbocycles. The maximum absolute atomic E-state index is 13.0. The summed E-state index contributed by atoms with van der Waals surface area (Å²) in [5.41, 5.74) is -2.33. The van der Waals surface area contributed by atoms with Gasteiger partial charge < -0.3 is 5.11 Å². The number of amides is 1. The number of carbonyl (C=O) groups is 1. The van der Waals surface area contributed by atoms with Crippen molar-refractivity contribution < 1.29 is 27.5 Å². The molecule has 0 bridgehead atoms. The average Bonchev–Trinajstić information content (AvgIpc) is 2.78. The SMILES string of the molecule is O=C(c1ccccc1Br)N1NC(C(F)F)=CC1(O)C(F)F. The van der Waals surface area contributed by atoms with E-state index in [1.807, 2.05) is 5.43 Å². The van der Waals surface area contributed by atoms with Crippen molar-refractivity contribution in [2.24, 2.45) is 0 Å². The van der Waals surface area contributed by atoms with E-state index >= 15 is 0 Å². The van der Waals surface area contributed by atoms with Crippen molar-refractivity contribution in [3.63, 3.8) is 0 Å². The second-order valence-electron chi connectivity index (χ2n) is 4.22. The van der Waals surface area contributed by atoms with Crippen LogP contribution in [-0.2, 0) is 0 Å². The minimum absolute atomic E-state index is 0.0620. The summed E-state index contributed by atoms with van der Waals surface area (Å²) < 4.78 is 51.5. The Balaban J connectivity index is 2.40. The van der Waals surface area contributed by atoms with E-state index in [1.165, 1.54) is 18.2 Å². The molecule has 0 fully saturated rings. The van der Waals surface area contributed by atoms with Crippen LogP contribution >= 0.6 is 15.9 Å². The summed E-state index contributed by atoms with van der Waals surface area (Å²) >= 11 is 3.05. The molecule has 0 radical (unpaired) electrons. The summed E-state index contributed by atoms with van der Waals surface area (Å²) in [6.45, 7) is 0. The lowest BCUT2D eigenvalue weighted by atomic mass is 10.1. The Kier molecular flexibility index (Phi) is 4.24. The standard InChI is InChI=1S/C12H9BrF4N2O2/c13-7-4-2-1-3-6(7)10(20)19-12(21,11(16)17)5-8(18-19)9(14)15/h1-5,9,11,18,21H. The van der Waals surface area contributed by atoms with E-state index in [-0.39, 0.29) is 21.1 Å². The second-order valence-corrected chi connectivity index (χ2v) is 5.07. The average molecular weight is 369 g/mol. The van der Waals surface area contributed by atoms with Gasteiger partial charge in [0, 0.05) is 10.5 Å². The van der Waals surface area contributed by atoms with Crippen LogP contribution in [0.3, 0.4) is 0 Å². The van der Waals surface area contributed by atoms with Crippen LogP contribution in [0, 0.1) is 0 Å². The highest BCUT2D eigenvalue weighted by molar-refractivity contribution is 9.10. The molecule has 4 nitrogen and oxygen atoms in total. The van der Waals surface area contributed by atoms with Gasteiger partial charge in [-0.2, -0.15) is 0 Å². The lowest BCUT2D eigenvalue weighted by Crippen LogP contribution is -2.56. The summed E-state index contributed by atoms with van der Waals surface area (Å²) in [7, 11) is 0. The molecule has 1 aromatic carbocycles. The van der Waals surface area contributed by atoms with Crippen molar-refractivity contribution in [2.45, 2.75) is 18.6 Å². The lowest BCUT2D eigenvalue weighted by Gasteiger charge is -2.31. The molecule has 1 unspecified atom stereocenters. The Hall–Kier alpha value is -1.61. The van der Waals surface area contributed by atoms with Gasteiger partial charge in [0.1, 0.15) is 0 Å². The number of carbonyl (C=O) groups excluding carboxylic acids is 1. The minimum atomic E-state index is -3.47. The Morgan fingerprint density at radius 2 is 1.90 bits per heavy atom. The molecule has 9 heteroatoms. The quantitative estimate of drug-likeness (QED) is 0.806. The Morgan fingerprint density at radius 3 is 2.43 bits per heavy atom. The van der Waals surface area contributed by atoms with E-state index in [0.29, 0.717) is 0 Å². The highest BCUT2D eigenvalue weighted by Gasteiger charge is 2.51. The first-order valence-corrected chi connectivity index (χ1v) is 6.44. The van der Waals surface area contributed by atoms with Gasteiger partial charge >= 0.3 is 0 Å². The third-order valence-electron chi connectivity index (χ3n) is 2.83. The third-order valence-corrected chi connectivity index (χ3v) is 3.52. The van der Waals surface area contributed by atoms with Gasteiger partial charge in [0.15, 0.2) is 0 Å². The van der Waals surface area contributed by atoms with E-state index in [4.69, 9.17) is 0 Å². The molecule has 1 aliphatic rings. The molecule has 2 rings (SSSR count). The second kappa shape index (κ2) is 5.64. The first kappa shape index (κ1) is 15.8. The topological polar surface area (TPSA) is 52.6 Å². The zero-order valence-corrected chi connectivity index (χ0v) is 11.8. The van der Waals surface area contributed by atoms with Crippen LogP contribution in [-0.4, -0.2) is 34.6 Å². The molecule has 21 heavy (non-hydrogen) atoms. The van der Waals surface area contributed by atoms with Gasteiger partial charge in [-0.3, -0.25) is 10.2 Å². The van der Waals surface area contributed by atoms with Gasteiger partial charge in [-0.15, -0.1) is 0 Å². The van der Waals surface area contributed by atoms with Gasteiger partial charge in [-0.05, 0) is 28.1 Å². The summed E-state index contributed by atoms with van der Waals surface area (Å²) in [6, 6.07) is 5.84. The van der Waals surface area contributed by atoms with Gasteiger partial charge in [0.2, 0.25) is 5.72 Å². The molecule has 1 aliphatic heterocycles. The number of hydrogen-bond donors (Lipinski definition) is 2. The predicted molar refractivity (Wildman–Crippen MR) is 68.5 cm³/mol. The van der Waals surface area contributed by atoms with Gasteiger partial charge in [0.05, 0.1) is 11.3 Å². The predicted octanol–water partition coefficient (Wildman–Crippen LogP) is 2.51. The summed E-state index contributed by atoms with van der Waals surface area (Å²) in [4.78, 5) is 12.2. The number of hydrazine groups is 1. The van der Waals surface area contributed by atoms with Crippen LogP contribution < -0.4 is 5.43 Å². The lowest BCUT2D eigenvalue weighted by molar-refractivity contribution is -0.146. The molecule has 2 N–H and O–H groups in total. The number of allylic oxidation sites excluding steroid dienone is 1. The largest absolute Gasteiger partial charge is 0.361 e. The first-order chi connectivity index (χ1) is 9.77. The maximum atomic E-state index is 13.0. The van der Waals surface area contributed by atoms with Crippen molar-refractivity contribution in [3.05, 3.63) is 46.1 Å². The molecule has 0 aromatic heterocycles. The van der Waals surface area contributed by atoms with Crippen molar-refractivity contribution in [3.8, 4) is 0 Å². The highest BCUT2D eigenvalue weighted by Crippen LogP contribution is 2.32. The molecule has 1 heterocycles. The zero-order chi connectivity index (χ0) is 15.8. The van der Waals surface area contributed by atoms with Gasteiger partial charge in [-0.1, -0.05) is 12.1 Å². The Labute approximate surface area is 125 Å². The van der Waals surface area contributed by atoms with Crippen LogP contribution in [0.5, 0.6) is 0 Å². The maximum Gasteiger partial charge on any atom is 0.291 e. The Morgan fingerprint density at radius 1 is 1.29 bits per heavy atom. The number of halogens is 5. The number of aliphatic hydroxyl groups is 1. The van der Waals surface area contributed by atoms with Crippen LogP contribution in [0.15, 0.2) is 40.5 Å². The number of rotatable bonds is 3. The molecule has 0 spiro atoms. The fourth-order valence-electron chi connectivity index (χ4n) is 1.79. The smallest absolute Gasteiger partial charge is 0.291 e. The normalized spacial score (nSPS) is 21.7. The fraction of sp³-hybridized carbons (Fsp3) is 0.250. The number of benzene rings is 1. The van der Waals surface area contributed by atoms with Crippen LogP contribution in [0.1, 0.15) is 10.4 Å². The van der Waals surface area contributed by atoms with Crippen LogP contribution in [0.25, 0.3) is 0 Å². The number of alkyl halides is 4. The first-order valence-electron chi connectivity index (χ1n) is 5.64. The third kappa shape index (κ3) is 2.75. The summed E-state index contributed by atoms with van der Waals surface area (Å²) in [6.07, 6.45) is -6.35. The zero-order valence-electron chi connectivity index (χ0n) is 10.2. The van der Waals surface area contributed by atoms with Gasteiger partial charge in [0.25, 0.3) is 18.8 Å². The molecule has 1 aromatic rings. The monoisotopic (exact) mass is 368 g/mol. The number of nitrogens with zero attached hydrogens (tertiary/aromatic N) is 1. The summed E-state index contributed by atoms with van der Waals surface area (Å²) in [5.74, 6) is -1.07. The molecule has 0 saturated heterocycles. The van der Waals surface area contributed by atoms with E-state index in [1.54, 1.807) is 6.07 Å². The van der Waals surface area contributed by atoms with E-state index < -0.39 is 30.2 Å². The van der Waals surface area contributed by atoms with Crippen LogP contribution in [0.2, 0.25) is 0 Å². The van der Waals surface area contributed by atoms with Crippen LogP contribution in [0.4, 0.5) is 17.6 Å². The fourth-order valence-corrected chi connectivity index (χ4v) is 2.24. The molecule has 1 atom stereocenters. The van der Waals surface area contributed by atoms with E-state index in [2.05, 4.69) is 15.9 Å². The molecule has 1 amide bonds. The van der Waals surface area contributed by atoms with Crippen molar-refractivity contribution >= 4 is 21.8 Å². The van der Waals surface area contributed by atoms with E-state index in [9.17, 15) is 27.5 Å². The number of nitrogens with one attached hydrogen (secondary N) is 1. The molecular weight excluding hydrogens is 360 g/mol. The van der Waals surface area contributed by atoms with Crippen molar-refractivity contribution in [2.75, 3.05) is 0 Å².